The van der Waals surface area contributed by atoms with Crippen molar-refractivity contribution in [3.8, 4) is 0 Å². The number of hydrogen-bond donors (Lipinski definition) is 2. The average molecular weight is 318 g/mol. The molecule has 1 unspecified atom stereocenters. The molecular formula is C16H26N6O. The Balaban J connectivity index is 1.29. The minimum Gasteiger partial charge on any atom is -0.356 e. The van der Waals surface area contributed by atoms with Gasteiger partial charge in [0.2, 0.25) is 11.9 Å². The number of piperazine rings is 1. The van der Waals surface area contributed by atoms with E-state index in [9.17, 15) is 4.79 Å². The first-order chi connectivity index (χ1) is 11.3. The number of amides is 1. The van der Waals surface area contributed by atoms with E-state index in [4.69, 9.17) is 0 Å². The number of carbonyl (C=O) groups excluding carboxylic acids is 1. The fourth-order valence-electron chi connectivity index (χ4n) is 3.16. The number of hydrogen-bond acceptors (Lipinski definition) is 6. The van der Waals surface area contributed by atoms with E-state index >= 15 is 0 Å². The van der Waals surface area contributed by atoms with Crippen molar-refractivity contribution in [2.75, 3.05) is 57.3 Å². The van der Waals surface area contributed by atoms with Crippen molar-refractivity contribution in [2.45, 2.75) is 12.8 Å². The Kier molecular flexibility index (Phi) is 5.76. The minimum absolute atomic E-state index is 0.171. The highest BCUT2D eigenvalue weighted by Crippen LogP contribution is 2.10. The molecule has 3 rings (SSSR count). The van der Waals surface area contributed by atoms with Crippen LogP contribution in [0.3, 0.4) is 0 Å². The highest BCUT2D eigenvalue weighted by atomic mass is 16.1. The van der Waals surface area contributed by atoms with Crippen molar-refractivity contribution >= 4 is 11.9 Å². The predicted molar refractivity (Wildman–Crippen MR) is 89.3 cm³/mol. The molecule has 1 atom stereocenters. The van der Waals surface area contributed by atoms with Crippen LogP contribution >= 0.6 is 0 Å². The van der Waals surface area contributed by atoms with E-state index in [1.807, 2.05) is 6.07 Å². The van der Waals surface area contributed by atoms with Gasteiger partial charge in [0.1, 0.15) is 0 Å². The van der Waals surface area contributed by atoms with Crippen molar-refractivity contribution in [1.29, 1.82) is 0 Å². The van der Waals surface area contributed by atoms with Crippen LogP contribution < -0.4 is 15.5 Å². The molecule has 7 nitrogen and oxygen atoms in total. The summed E-state index contributed by atoms with van der Waals surface area (Å²) in [6.07, 6.45) is 5.55. The Bertz CT molecular complexity index is 483. The summed E-state index contributed by atoms with van der Waals surface area (Å²) in [5.74, 6) is 1.20. The summed E-state index contributed by atoms with van der Waals surface area (Å²) in [5.41, 5.74) is 0. The van der Waals surface area contributed by atoms with E-state index in [1.165, 1.54) is 0 Å². The van der Waals surface area contributed by atoms with Crippen LogP contribution in [0.4, 0.5) is 5.95 Å². The molecule has 2 fully saturated rings. The lowest BCUT2D eigenvalue weighted by atomic mass is 10.1. The Labute approximate surface area is 137 Å². The molecule has 126 valence electrons. The maximum absolute atomic E-state index is 11.9. The summed E-state index contributed by atoms with van der Waals surface area (Å²) >= 11 is 0. The maximum atomic E-state index is 11.9. The third-order valence-corrected chi connectivity index (χ3v) is 4.59. The van der Waals surface area contributed by atoms with Crippen LogP contribution in [0.1, 0.15) is 12.8 Å². The standard InChI is InChI=1S/C16H26N6O/c23-15(14-3-7-17-13-14)18-6-2-8-21-9-11-22(12-10-21)16-19-4-1-5-20-16/h1,4-5,14,17H,2-3,6-13H2,(H,18,23). The lowest BCUT2D eigenvalue weighted by molar-refractivity contribution is -0.124. The van der Waals surface area contributed by atoms with E-state index in [1.54, 1.807) is 12.4 Å². The van der Waals surface area contributed by atoms with Gasteiger partial charge in [-0.3, -0.25) is 9.69 Å². The summed E-state index contributed by atoms with van der Waals surface area (Å²) in [7, 11) is 0. The van der Waals surface area contributed by atoms with Crippen LogP contribution in [0, 0.1) is 5.92 Å². The monoisotopic (exact) mass is 318 g/mol. The highest BCUT2D eigenvalue weighted by molar-refractivity contribution is 5.79. The first-order valence-electron chi connectivity index (χ1n) is 8.55. The zero-order valence-electron chi connectivity index (χ0n) is 13.6. The van der Waals surface area contributed by atoms with Crippen molar-refractivity contribution in [2.24, 2.45) is 5.92 Å². The zero-order valence-corrected chi connectivity index (χ0v) is 13.6. The number of anilines is 1. The van der Waals surface area contributed by atoms with Gasteiger partial charge in [-0.1, -0.05) is 0 Å². The molecule has 0 spiro atoms. The van der Waals surface area contributed by atoms with Crippen LogP contribution in [-0.2, 0) is 4.79 Å². The number of rotatable bonds is 6. The fourth-order valence-corrected chi connectivity index (χ4v) is 3.16. The molecule has 3 heterocycles. The van der Waals surface area contributed by atoms with Gasteiger partial charge in [-0.2, -0.15) is 0 Å². The van der Waals surface area contributed by atoms with Crippen molar-refractivity contribution in [1.82, 2.24) is 25.5 Å². The zero-order chi connectivity index (χ0) is 15.9. The molecule has 1 aromatic heterocycles. The second kappa shape index (κ2) is 8.21. The second-order valence-electron chi connectivity index (χ2n) is 6.21. The molecule has 1 aromatic rings. The van der Waals surface area contributed by atoms with Gasteiger partial charge in [0.05, 0.1) is 5.92 Å². The quantitative estimate of drug-likeness (QED) is 0.703. The molecule has 0 aliphatic carbocycles. The van der Waals surface area contributed by atoms with E-state index in [0.29, 0.717) is 0 Å². The summed E-state index contributed by atoms with van der Waals surface area (Å²) in [4.78, 5) is 25.2. The van der Waals surface area contributed by atoms with Crippen molar-refractivity contribution in [3.63, 3.8) is 0 Å². The van der Waals surface area contributed by atoms with Gasteiger partial charge >= 0.3 is 0 Å². The molecule has 1 amide bonds. The molecule has 23 heavy (non-hydrogen) atoms. The second-order valence-corrected chi connectivity index (χ2v) is 6.21. The smallest absolute Gasteiger partial charge is 0.225 e. The molecule has 0 bridgehead atoms. The Morgan fingerprint density at radius 2 is 2.04 bits per heavy atom. The van der Waals surface area contributed by atoms with Crippen molar-refractivity contribution < 1.29 is 4.79 Å². The molecule has 2 saturated heterocycles. The van der Waals surface area contributed by atoms with Gasteiger partial charge < -0.3 is 15.5 Å². The third kappa shape index (κ3) is 4.62. The third-order valence-electron chi connectivity index (χ3n) is 4.59. The molecule has 2 aliphatic heterocycles. The van der Waals surface area contributed by atoms with Crippen LogP contribution in [-0.4, -0.2) is 73.1 Å². The lowest BCUT2D eigenvalue weighted by Crippen LogP contribution is -2.47. The van der Waals surface area contributed by atoms with Gasteiger partial charge in [0.15, 0.2) is 0 Å². The molecular weight excluding hydrogens is 292 g/mol. The molecule has 2 N–H and O–H groups in total. The Morgan fingerprint density at radius 3 is 2.74 bits per heavy atom. The SMILES string of the molecule is O=C(NCCCN1CCN(c2ncccn2)CC1)C1CCNC1. The minimum atomic E-state index is 0.171. The van der Waals surface area contributed by atoms with Crippen LogP contribution in [0.15, 0.2) is 18.5 Å². The predicted octanol–water partition coefficient (Wildman–Crippen LogP) is -0.286. The largest absolute Gasteiger partial charge is 0.356 e. The molecule has 0 radical (unpaired) electrons. The normalized spacial score (nSPS) is 22.3. The lowest BCUT2D eigenvalue weighted by Gasteiger charge is -2.34. The van der Waals surface area contributed by atoms with Gasteiger partial charge in [-0.25, -0.2) is 9.97 Å². The Morgan fingerprint density at radius 1 is 1.26 bits per heavy atom. The van der Waals surface area contributed by atoms with E-state index in [2.05, 4.69) is 30.4 Å². The maximum Gasteiger partial charge on any atom is 0.225 e. The van der Waals surface area contributed by atoms with E-state index in [0.717, 1.165) is 71.1 Å². The van der Waals surface area contributed by atoms with Crippen LogP contribution in [0.25, 0.3) is 0 Å². The first kappa shape index (κ1) is 16.1. The number of nitrogens with one attached hydrogen (secondary N) is 2. The summed E-state index contributed by atoms with van der Waals surface area (Å²) < 4.78 is 0. The number of aromatic nitrogens is 2. The summed E-state index contributed by atoms with van der Waals surface area (Å²) in [5, 5.41) is 6.29. The number of carbonyl (C=O) groups is 1. The summed E-state index contributed by atoms with van der Waals surface area (Å²) in [6, 6.07) is 1.84. The van der Waals surface area contributed by atoms with Crippen molar-refractivity contribution in [3.05, 3.63) is 18.5 Å². The van der Waals surface area contributed by atoms with Gasteiger partial charge in [-0.05, 0) is 32.0 Å². The topological polar surface area (TPSA) is 73.4 Å². The molecule has 0 aromatic carbocycles. The summed E-state index contributed by atoms with van der Waals surface area (Å²) in [6.45, 7) is 7.58. The number of nitrogens with zero attached hydrogens (tertiary/aromatic N) is 4. The van der Waals surface area contributed by atoms with Gasteiger partial charge in [0.25, 0.3) is 0 Å². The van der Waals surface area contributed by atoms with Crippen LogP contribution in [0.2, 0.25) is 0 Å². The Hall–Kier alpha value is -1.73. The molecule has 0 saturated carbocycles. The first-order valence-corrected chi connectivity index (χ1v) is 8.55. The van der Waals surface area contributed by atoms with E-state index in [-0.39, 0.29) is 11.8 Å². The molecule has 7 heteroatoms. The van der Waals surface area contributed by atoms with Gasteiger partial charge in [0, 0.05) is 51.7 Å². The fraction of sp³-hybridized carbons (Fsp3) is 0.688. The molecule has 2 aliphatic rings. The average Bonchev–Trinajstić information content (AvgIpc) is 3.15. The highest BCUT2D eigenvalue weighted by Gasteiger charge is 2.22. The van der Waals surface area contributed by atoms with Gasteiger partial charge in [-0.15, -0.1) is 0 Å². The van der Waals surface area contributed by atoms with Crippen LogP contribution in [0.5, 0.6) is 0 Å². The van der Waals surface area contributed by atoms with E-state index < -0.39 is 0 Å².